The molecule has 2 rings (SSSR count). The molecule has 88 valence electrons. The van der Waals surface area contributed by atoms with Crippen molar-refractivity contribution in [1.29, 1.82) is 0 Å². The van der Waals surface area contributed by atoms with E-state index in [1.54, 1.807) is 0 Å². The summed E-state index contributed by atoms with van der Waals surface area (Å²) in [7, 11) is 2.64. The summed E-state index contributed by atoms with van der Waals surface area (Å²) in [4.78, 5) is 12.0. The molecule has 0 spiro atoms. The number of Topliss-reactive ketones (excluding diaryl/α,β-unsaturated/α-hetero) is 1. The Kier molecular flexibility index (Phi) is 5.65. The average molecular weight is 237 g/mol. The van der Waals surface area contributed by atoms with E-state index in [9.17, 15) is 4.79 Å². The molecule has 1 aromatic rings. The lowest BCUT2D eigenvalue weighted by Crippen LogP contribution is -2.28. The summed E-state index contributed by atoms with van der Waals surface area (Å²) in [5.74, 6) is 0.248. The highest BCUT2D eigenvalue weighted by atomic mass is 31.0. The first-order chi connectivity index (χ1) is 7.79. The Bertz CT molecular complexity index is 326. The van der Waals surface area contributed by atoms with Crippen molar-refractivity contribution in [2.45, 2.75) is 32.7 Å². The zero-order valence-corrected chi connectivity index (χ0v) is 11.2. The summed E-state index contributed by atoms with van der Waals surface area (Å²) in [6.07, 6.45) is 2.10. The summed E-state index contributed by atoms with van der Waals surface area (Å²) >= 11 is 0. The predicted molar refractivity (Wildman–Crippen MR) is 71.6 cm³/mol. The molecule has 1 saturated heterocycles. The maximum absolute atomic E-state index is 12.0. The highest BCUT2D eigenvalue weighted by molar-refractivity contribution is 7.13. The predicted octanol–water partition coefficient (Wildman–Crippen LogP) is 3.15. The third-order valence-corrected chi connectivity index (χ3v) is 3.27. The molecule has 16 heavy (non-hydrogen) atoms. The standard InChI is InChI=1S/C11H14NOP.C2H6/c13-11(9-5-2-1-3-6-9)10-7-4-8-12(10)14;1-2/h1-3,5-6,10H,4,7-8,14H2;1-2H3. The maximum atomic E-state index is 12.0. The van der Waals surface area contributed by atoms with Crippen LogP contribution in [-0.4, -0.2) is 23.0 Å². The van der Waals surface area contributed by atoms with Crippen molar-refractivity contribution in [2.75, 3.05) is 6.54 Å². The number of hydrogen-bond acceptors (Lipinski definition) is 2. The van der Waals surface area contributed by atoms with Crippen LogP contribution in [0.5, 0.6) is 0 Å². The van der Waals surface area contributed by atoms with Gasteiger partial charge < -0.3 is 0 Å². The van der Waals surface area contributed by atoms with Crippen LogP contribution in [0.3, 0.4) is 0 Å². The molecule has 1 heterocycles. The van der Waals surface area contributed by atoms with Crippen molar-refractivity contribution in [3.8, 4) is 0 Å². The third-order valence-electron chi connectivity index (χ3n) is 2.66. The Hall–Kier alpha value is -0.720. The van der Waals surface area contributed by atoms with Gasteiger partial charge in [0.2, 0.25) is 0 Å². The summed E-state index contributed by atoms with van der Waals surface area (Å²) in [5, 5.41) is 0. The van der Waals surface area contributed by atoms with Gasteiger partial charge in [-0.3, -0.25) is 9.46 Å². The first kappa shape index (κ1) is 13.3. The van der Waals surface area contributed by atoms with E-state index in [0.29, 0.717) is 0 Å². The first-order valence-electron chi connectivity index (χ1n) is 5.89. The minimum Gasteiger partial charge on any atom is -0.292 e. The molecule has 2 unspecified atom stereocenters. The van der Waals surface area contributed by atoms with Gasteiger partial charge in [0.1, 0.15) is 0 Å². The first-order valence-corrected chi connectivity index (χ1v) is 6.41. The zero-order chi connectivity index (χ0) is 12.0. The Labute approximate surface area is 100 Å². The number of nitrogens with zero attached hydrogens (tertiary/aromatic N) is 1. The molecule has 0 aromatic heterocycles. The number of carbonyl (C=O) groups is 1. The van der Waals surface area contributed by atoms with Crippen LogP contribution in [0.25, 0.3) is 0 Å². The molecule has 3 heteroatoms. The quantitative estimate of drug-likeness (QED) is 0.581. The van der Waals surface area contributed by atoms with Gasteiger partial charge in [-0.05, 0) is 12.8 Å². The Morgan fingerprint density at radius 3 is 2.44 bits per heavy atom. The molecule has 1 aromatic carbocycles. The molecule has 0 bridgehead atoms. The minimum atomic E-state index is 0.0717. The van der Waals surface area contributed by atoms with Gasteiger partial charge in [0, 0.05) is 12.1 Å². The van der Waals surface area contributed by atoms with Gasteiger partial charge in [0.25, 0.3) is 0 Å². The van der Waals surface area contributed by atoms with Gasteiger partial charge in [-0.2, -0.15) is 0 Å². The molecule has 0 amide bonds. The van der Waals surface area contributed by atoms with Crippen molar-refractivity contribution in [3.05, 3.63) is 35.9 Å². The van der Waals surface area contributed by atoms with Crippen LogP contribution in [0.1, 0.15) is 37.0 Å². The van der Waals surface area contributed by atoms with E-state index in [-0.39, 0.29) is 11.8 Å². The summed E-state index contributed by atoms with van der Waals surface area (Å²) in [6.45, 7) is 5.01. The number of benzene rings is 1. The van der Waals surface area contributed by atoms with Crippen LogP contribution in [0.2, 0.25) is 0 Å². The van der Waals surface area contributed by atoms with Gasteiger partial charge >= 0.3 is 0 Å². The molecule has 2 atom stereocenters. The molecular weight excluding hydrogens is 217 g/mol. The third kappa shape index (κ3) is 3.13. The van der Waals surface area contributed by atoms with Crippen LogP contribution in [-0.2, 0) is 0 Å². The van der Waals surface area contributed by atoms with E-state index >= 15 is 0 Å². The normalized spacial score (nSPS) is 20.1. The molecule has 0 N–H and O–H groups in total. The molecule has 0 aliphatic carbocycles. The summed E-state index contributed by atoms with van der Waals surface area (Å²) < 4.78 is 2.06. The highest BCUT2D eigenvalue weighted by Crippen LogP contribution is 2.23. The van der Waals surface area contributed by atoms with Crippen molar-refractivity contribution >= 4 is 15.2 Å². The molecule has 1 aliphatic rings. The molecule has 0 saturated carbocycles. The van der Waals surface area contributed by atoms with E-state index in [1.165, 1.54) is 0 Å². The number of rotatable bonds is 2. The fraction of sp³-hybridized carbons (Fsp3) is 0.462. The van der Waals surface area contributed by atoms with Crippen molar-refractivity contribution in [2.24, 2.45) is 0 Å². The van der Waals surface area contributed by atoms with E-state index in [0.717, 1.165) is 24.9 Å². The molecule has 2 nitrogen and oxygen atoms in total. The second-order valence-electron chi connectivity index (χ2n) is 3.63. The Morgan fingerprint density at radius 2 is 1.94 bits per heavy atom. The van der Waals surface area contributed by atoms with Crippen LogP contribution in [0.15, 0.2) is 30.3 Å². The van der Waals surface area contributed by atoms with Gasteiger partial charge in [0.15, 0.2) is 5.78 Å². The molecular formula is C13H20NOP. The maximum Gasteiger partial charge on any atom is 0.180 e. The van der Waals surface area contributed by atoms with Gasteiger partial charge in [-0.1, -0.05) is 53.6 Å². The summed E-state index contributed by atoms with van der Waals surface area (Å²) in [6, 6.07) is 9.61. The topological polar surface area (TPSA) is 20.3 Å². The molecule has 0 radical (unpaired) electrons. The molecule has 1 aliphatic heterocycles. The lowest BCUT2D eigenvalue weighted by atomic mass is 10.0. The van der Waals surface area contributed by atoms with Crippen LogP contribution >= 0.6 is 9.39 Å². The fourth-order valence-electron chi connectivity index (χ4n) is 1.87. The number of carbonyl (C=O) groups excluding carboxylic acids is 1. The second-order valence-corrected chi connectivity index (χ2v) is 4.29. The van der Waals surface area contributed by atoms with Crippen LogP contribution in [0.4, 0.5) is 0 Å². The average Bonchev–Trinajstić information content (AvgIpc) is 2.78. The van der Waals surface area contributed by atoms with E-state index in [2.05, 4.69) is 14.1 Å². The fourth-order valence-corrected chi connectivity index (χ4v) is 2.33. The van der Waals surface area contributed by atoms with E-state index < -0.39 is 0 Å². The van der Waals surface area contributed by atoms with Crippen molar-refractivity contribution in [1.82, 2.24) is 4.67 Å². The SMILES string of the molecule is CC.O=C(c1ccccc1)C1CCCN1P. The van der Waals surface area contributed by atoms with E-state index in [4.69, 9.17) is 0 Å². The van der Waals surface area contributed by atoms with Crippen molar-refractivity contribution < 1.29 is 4.79 Å². The van der Waals surface area contributed by atoms with E-state index in [1.807, 2.05) is 44.2 Å². The summed E-state index contributed by atoms with van der Waals surface area (Å²) in [5.41, 5.74) is 0.826. The van der Waals surface area contributed by atoms with Crippen LogP contribution in [0, 0.1) is 0 Å². The monoisotopic (exact) mass is 237 g/mol. The number of hydrogen-bond donors (Lipinski definition) is 0. The lowest BCUT2D eigenvalue weighted by Gasteiger charge is -2.17. The van der Waals surface area contributed by atoms with Gasteiger partial charge in [-0.25, -0.2) is 0 Å². The molecule has 1 fully saturated rings. The largest absolute Gasteiger partial charge is 0.292 e. The van der Waals surface area contributed by atoms with Gasteiger partial charge in [-0.15, -0.1) is 0 Å². The van der Waals surface area contributed by atoms with Gasteiger partial charge in [0.05, 0.1) is 6.04 Å². The smallest absolute Gasteiger partial charge is 0.180 e. The number of ketones is 1. The Balaban J connectivity index is 0.000000606. The van der Waals surface area contributed by atoms with Crippen LogP contribution < -0.4 is 0 Å². The van der Waals surface area contributed by atoms with Crippen molar-refractivity contribution in [3.63, 3.8) is 0 Å². The Morgan fingerprint density at radius 1 is 1.31 bits per heavy atom. The second kappa shape index (κ2) is 6.78. The zero-order valence-electron chi connectivity index (χ0n) is 10.0. The highest BCUT2D eigenvalue weighted by Gasteiger charge is 2.28. The minimum absolute atomic E-state index is 0.0717. The lowest BCUT2D eigenvalue weighted by molar-refractivity contribution is 0.0923.